The lowest BCUT2D eigenvalue weighted by Gasteiger charge is -2.27. The number of halogens is 1. The molecule has 1 aliphatic heterocycles. The summed E-state index contributed by atoms with van der Waals surface area (Å²) in [5.41, 5.74) is 2.88. The van der Waals surface area contributed by atoms with E-state index < -0.39 is 0 Å². The zero-order chi connectivity index (χ0) is 17.8. The van der Waals surface area contributed by atoms with Crippen molar-refractivity contribution >= 4 is 0 Å². The average Bonchev–Trinajstić information content (AvgIpc) is 3.04. The quantitative estimate of drug-likeness (QED) is 0.664. The topological polar surface area (TPSA) is 42.2 Å². The fourth-order valence-corrected chi connectivity index (χ4v) is 3.60. The zero-order valence-electron chi connectivity index (χ0n) is 14.6. The Morgan fingerprint density at radius 2 is 1.85 bits per heavy atom. The Balaban J connectivity index is 1.58. The predicted octanol–water partition coefficient (Wildman–Crippen LogP) is 4.99. The van der Waals surface area contributed by atoms with E-state index in [2.05, 4.69) is 27.2 Å². The first-order chi connectivity index (χ1) is 12.8. The van der Waals surface area contributed by atoms with Crippen LogP contribution < -0.4 is 0 Å². The molecule has 3 heterocycles. The molecule has 5 heteroatoms. The van der Waals surface area contributed by atoms with Gasteiger partial charge in [0.1, 0.15) is 11.5 Å². The molecule has 4 rings (SSSR count). The van der Waals surface area contributed by atoms with Crippen LogP contribution in [0.3, 0.4) is 0 Å². The maximum atomic E-state index is 13.1. The number of pyridine rings is 1. The molecule has 0 amide bonds. The Labute approximate surface area is 152 Å². The Morgan fingerprint density at radius 1 is 1.04 bits per heavy atom. The van der Waals surface area contributed by atoms with Gasteiger partial charge in [0.25, 0.3) is 0 Å². The van der Waals surface area contributed by atoms with Crippen LogP contribution in [0.2, 0.25) is 0 Å². The minimum Gasteiger partial charge on any atom is -0.359 e. The van der Waals surface area contributed by atoms with Crippen LogP contribution >= 0.6 is 0 Å². The fraction of sp³-hybridized carbons (Fsp3) is 0.333. The van der Waals surface area contributed by atoms with Gasteiger partial charge in [0, 0.05) is 30.6 Å². The first-order valence-electron chi connectivity index (χ1n) is 9.15. The summed E-state index contributed by atoms with van der Waals surface area (Å²) in [7, 11) is 0. The highest BCUT2D eigenvalue weighted by molar-refractivity contribution is 5.58. The molecule has 4 nitrogen and oxygen atoms in total. The summed E-state index contributed by atoms with van der Waals surface area (Å²) in [5, 5.41) is 4.23. The maximum absolute atomic E-state index is 13.1. The lowest BCUT2D eigenvalue weighted by atomic mass is 10.0. The Morgan fingerprint density at radius 3 is 2.65 bits per heavy atom. The van der Waals surface area contributed by atoms with Crippen LogP contribution in [0, 0.1) is 5.82 Å². The molecule has 0 spiro atoms. The second-order valence-electron chi connectivity index (χ2n) is 6.81. The molecular formula is C21H22FN3O. The minimum atomic E-state index is -0.246. The minimum absolute atomic E-state index is 0.215. The van der Waals surface area contributed by atoms with E-state index in [1.807, 2.05) is 18.5 Å². The third-order valence-corrected chi connectivity index (χ3v) is 5.00. The molecule has 0 aliphatic carbocycles. The molecule has 0 radical (unpaired) electrons. The van der Waals surface area contributed by atoms with E-state index >= 15 is 0 Å². The van der Waals surface area contributed by atoms with Crippen LogP contribution in [0.15, 0.2) is 59.4 Å². The Bertz CT molecular complexity index is 832. The SMILES string of the molecule is Fc1ccc(-c2cc([C@@H]3CCCCCN3Cc3ccncc3)on2)cc1. The third kappa shape index (κ3) is 3.83. The van der Waals surface area contributed by atoms with E-state index in [9.17, 15) is 4.39 Å². The molecule has 1 saturated heterocycles. The second kappa shape index (κ2) is 7.79. The highest BCUT2D eigenvalue weighted by Gasteiger charge is 2.26. The summed E-state index contributed by atoms with van der Waals surface area (Å²) in [4.78, 5) is 6.57. The lowest BCUT2D eigenvalue weighted by molar-refractivity contribution is 0.160. The maximum Gasteiger partial charge on any atom is 0.154 e. The van der Waals surface area contributed by atoms with Gasteiger partial charge in [-0.25, -0.2) is 4.39 Å². The first-order valence-corrected chi connectivity index (χ1v) is 9.15. The molecule has 2 aromatic heterocycles. The van der Waals surface area contributed by atoms with E-state index in [0.717, 1.165) is 36.5 Å². The van der Waals surface area contributed by atoms with E-state index in [1.54, 1.807) is 12.1 Å². The smallest absolute Gasteiger partial charge is 0.154 e. The van der Waals surface area contributed by atoms with Crippen LogP contribution in [0.5, 0.6) is 0 Å². The summed E-state index contributed by atoms with van der Waals surface area (Å²) in [5.74, 6) is 0.644. The van der Waals surface area contributed by atoms with E-state index in [-0.39, 0.29) is 11.9 Å². The molecule has 1 aliphatic rings. The number of hydrogen-bond acceptors (Lipinski definition) is 4. The van der Waals surface area contributed by atoms with Gasteiger partial charge >= 0.3 is 0 Å². The van der Waals surface area contributed by atoms with Gasteiger partial charge in [-0.05, 0) is 61.3 Å². The van der Waals surface area contributed by atoms with Crippen molar-refractivity contribution in [2.75, 3.05) is 6.54 Å². The molecule has 1 atom stereocenters. The number of rotatable bonds is 4. The molecule has 0 N–H and O–H groups in total. The lowest BCUT2D eigenvalue weighted by Crippen LogP contribution is -2.27. The summed E-state index contributed by atoms with van der Waals surface area (Å²) >= 11 is 0. The van der Waals surface area contributed by atoms with Crippen molar-refractivity contribution in [1.29, 1.82) is 0 Å². The Hall–Kier alpha value is -2.53. The van der Waals surface area contributed by atoms with E-state index in [4.69, 9.17) is 4.52 Å². The van der Waals surface area contributed by atoms with Crippen molar-refractivity contribution in [2.24, 2.45) is 0 Å². The van der Waals surface area contributed by atoms with E-state index in [1.165, 1.54) is 37.0 Å². The predicted molar refractivity (Wildman–Crippen MR) is 97.8 cm³/mol. The van der Waals surface area contributed by atoms with Crippen LogP contribution in [0.25, 0.3) is 11.3 Å². The van der Waals surface area contributed by atoms with Gasteiger partial charge in [-0.3, -0.25) is 9.88 Å². The molecule has 0 unspecified atom stereocenters. The highest BCUT2D eigenvalue weighted by atomic mass is 19.1. The zero-order valence-corrected chi connectivity index (χ0v) is 14.6. The van der Waals surface area contributed by atoms with Crippen LogP contribution in [0.1, 0.15) is 43.0 Å². The fourth-order valence-electron chi connectivity index (χ4n) is 3.60. The molecule has 0 bridgehead atoms. The summed E-state index contributed by atoms with van der Waals surface area (Å²) in [6.07, 6.45) is 8.35. The van der Waals surface area contributed by atoms with Crippen LogP contribution in [0.4, 0.5) is 4.39 Å². The second-order valence-corrected chi connectivity index (χ2v) is 6.81. The normalized spacial score (nSPS) is 18.6. The number of nitrogens with zero attached hydrogens (tertiary/aromatic N) is 3. The average molecular weight is 351 g/mol. The van der Waals surface area contributed by atoms with Crippen molar-refractivity contribution in [3.05, 3.63) is 72.0 Å². The van der Waals surface area contributed by atoms with Crippen molar-refractivity contribution in [1.82, 2.24) is 15.0 Å². The number of aromatic nitrogens is 2. The first kappa shape index (κ1) is 16.9. The third-order valence-electron chi connectivity index (χ3n) is 5.00. The van der Waals surface area contributed by atoms with Gasteiger partial charge in [0.15, 0.2) is 5.76 Å². The number of hydrogen-bond donors (Lipinski definition) is 0. The molecule has 3 aromatic rings. The molecule has 1 fully saturated rings. The molecule has 26 heavy (non-hydrogen) atoms. The summed E-state index contributed by atoms with van der Waals surface area (Å²) in [6.45, 7) is 1.92. The van der Waals surface area contributed by atoms with Gasteiger partial charge in [-0.2, -0.15) is 0 Å². The summed E-state index contributed by atoms with van der Waals surface area (Å²) in [6, 6.07) is 12.7. The molecule has 1 aromatic carbocycles. The van der Waals surface area contributed by atoms with Gasteiger partial charge in [-0.15, -0.1) is 0 Å². The van der Waals surface area contributed by atoms with Gasteiger partial charge in [0.05, 0.1) is 6.04 Å². The standard InChI is InChI=1S/C21H22FN3O/c22-18-7-5-17(6-8-18)19-14-21(26-24-19)20-4-2-1-3-13-25(20)15-16-9-11-23-12-10-16/h5-12,14,20H,1-4,13,15H2/t20-/m0/s1. The van der Waals surface area contributed by atoms with Crippen molar-refractivity contribution in [3.8, 4) is 11.3 Å². The molecular weight excluding hydrogens is 329 g/mol. The van der Waals surface area contributed by atoms with Gasteiger partial charge in [-0.1, -0.05) is 18.0 Å². The number of benzene rings is 1. The summed E-state index contributed by atoms with van der Waals surface area (Å²) < 4.78 is 18.9. The van der Waals surface area contributed by atoms with Crippen molar-refractivity contribution in [2.45, 2.75) is 38.3 Å². The van der Waals surface area contributed by atoms with E-state index in [0.29, 0.717) is 0 Å². The highest BCUT2D eigenvalue weighted by Crippen LogP contribution is 2.33. The number of likely N-dealkylation sites (tertiary alicyclic amines) is 1. The van der Waals surface area contributed by atoms with Crippen LogP contribution in [-0.4, -0.2) is 21.6 Å². The Kier molecular flexibility index (Phi) is 5.07. The molecule has 134 valence electrons. The van der Waals surface area contributed by atoms with Gasteiger partial charge in [0.2, 0.25) is 0 Å². The largest absolute Gasteiger partial charge is 0.359 e. The van der Waals surface area contributed by atoms with Gasteiger partial charge < -0.3 is 4.52 Å². The monoisotopic (exact) mass is 351 g/mol. The van der Waals surface area contributed by atoms with Crippen LogP contribution in [-0.2, 0) is 6.54 Å². The molecule has 0 saturated carbocycles. The van der Waals surface area contributed by atoms with Crippen molar-refractivity contribution < 1.29 is 8.91 Å². The van der Waals surface area contributed by atoms with Crippen molar-refractivity contribution in [3.63, 3.8) is 0 Å².